The van der Waals surface area contributed by atoms with Crippen LogP contribution in [0.3, 0.4) is 0 Å². The molecular weight excluding hydrogens is 292 g/mol. The molecule has 0 spiro atoms. The van der Waals surface area contributed by atoms with Crippen molar-refractivity contribution in [3.8, 4) is 5.75 Å². The molecule has 1 heterocycles. The third kappa shape index (κ3) is 5.77. The van der Waals surface area contributed by atoms with Crippen molar-refractivity contribution in [1.82, 2.24) is 5.16 Å². The van der Waals surface area contributed by atoms with Crippen LogP contribution in [0.2, 0.25) is 0 Å². The number of carbonyl (C=O) groups is 1. The van der Waals surface area contributed by atoms with Gasteiger partial charge in [-0.15, -0.1) is 0 Å². The first-order chi connectivity index (χ1) is 10.9. The monoisotopic (exact) mass is 318 g/mol. The van der Waals surface area contributed by atoms with Crippen LogP contribution in [0.25, 0.3) is 0 Å². The van der Waals surface area contributed by atoms with Crippen LogP contribution >= 0.6 is 0 Å². The van der Waals surface area contributed by atoms with Gasteiger partial charge in [-0.1, -0.05) is 51.9 Å². The number of ether oxygens (including phenoxy) is 1. The molecule has 0 bridgehead atoms. The summed E-state index contributed by atoms with van der Waals surface area (Å²) in [5.41, 5.74) is 1.61. The van der Waals surface area contributed by atoms with E-state index >= 15 is 0 Å². The standard InChI is InChI=1S/C16H20N2O3.C2H6/c1-16(2,3)13-10-15(21-18-13)17-14(19)9-11-5-7-12(20-4)8-6-11;1-2/h5-8,10H,9H2,1-4H3,(H,17,19);1-2H3. The van der Waals surface area contributed by atoms with Crippen molar-refractivity contribution < 1.29 is 14.1 Å². The normalized spacial score (nSPS) is 10.5. The molecule has 0 aliphatic carbocycles. The van der Waals surface area contributed by atoms with Crippen molar-refractivity contribution in [2.45, 2.75) is 46.5 Å². The fourth-order valence-electron chi connectivity index (χ4n) is 1.80. The van der Waals surface area contributed by atoms with E-state index in [9.17, 15) is 4.79 Å². The number of hydrogen-bond acceptors (Lipinski definition) is 4. The molecular formula is C18H26N2O3. The highest BCUT2D eigenvalue weighted by atomic mass is 16.5. The summed E-state index contributed by atoms with van der Waals surface area (Å²) in [4.78, 5) is 12.0. The molecule has 126 valence electrons. The highest BCUT2D eigenvalue weighted by Gasteiger charge is 2.19. The molecule has 0 aliphatic heterocycles. The van der Waals surface area contributed by atoms with Crippen LogP contribution < -0.4 is 10.1 Å². The van der Waals surface area contributed by atoms with Gasteiger partial charge in [0.25, 0.3) is 0 Å². The summed E-state index contributed by atoms with van der Waals surface area (Å²) in [5.74, 6) is 0.999. The number of carbonyl (C=O) groups excluding carboxylic acids is 1. The average molecular weight is 318 g/mol. The zero-order chi connectivity index (χ0) is 17.5. The second-order valence-corrected chi connectivity index (χ2v) is 5.90. The second-order valence-electron chi connectivity index (χ2n) is 5.90. The van der Waals surface area contributed by atoms with Crippen LogP contribution in [0.1, 0.15) is 45.9 Å². The second kappa shape index (κ2) is 8.36. The van der Waals surface area contributed by atoms with Crippen molar-refractivity contribution in [3.63, 3.8) is 0 Å². The lowest BCUT2D eigenvalue weighted by atomic mass is 9.92. The fourth-order valence-corrected chi connectivity index (χ4v) is 1.80. The minimum absolute atomic E-state index is 0.109. The number of amides is 1. The molecule has 0 unspecified atom stereocenters. The van der Waals surface area contributed by atoms with E-state index in [1.54, 1.807) is 13.2 Å². The zero-order valence-electron chi connectivity index (χ0n) is 14.8. The number of methoxy groups -OCH3 is 1. The third-order valence-corrected chi connectivity index (χ3v) is 3.06. The molecule has 2 rings (SSSR count). The third-order valence-electron chi connectivity index (χ3n) is 3.06. The van der Waals surface area contributed by atoms with Crippen LogP contribution in [0.5, 0.6) is 5.75 Å². The van der Waals surface area contributed by atoms with E-state index in [0.717, 1.165) is 17.0 Å². The average Bonchev–Trinajstić information content (AvgIpc) is 2.98. The summed E-state index contributed by atoms with van der Waals surface area (Å²) in [5, 5.41) is 6.68. The van der Waals surface area contributed by atoms with E-state index in [2.05, 4.69) is 10.5 Å². The maximum Gasteiger partial charge on any atom is 0.231 e. The van der Waals surface area contributed by atoms with Gasteiger partial charge >= 0.3 is 0 Å². The maximum absolute atomic E-state index is 12.0. The van der Waals surface area contributed by atoms with Gasteiger partial charge in [0.15, 0.2) is 0 Å². The molecule has 2 aromatic rings. The molecule has 5 nitrogen and oxygen atoms in total. The quantitative estimate of drug-likeness (QED) is 0.918. The van der Waals surface area contributed by atoms with E-state index in [0.29, 0.717) is 5.88 Å². The summed E-state index contributed by atoms with van der Waals surface area (Å²) in [6.45, 7) is 10.1. The van der Waals surface area contributed by atoms with Crippen LogP contribution in [-0.4, -0.2) is 18.2 Å². The van der Waals surface area contributed by atoms with E-state index in [-0.39, 0.29) is 17.7 Å². The fraction of sp³-hybridized carbons (Fsp3) is 0.444. The molecule has 1 aromatic carbocycles. The predicted molar refractivity (Wildman–Crippen MR) is 91.9 cm³/mol. The first kappa shape index (κ1) is 18.7. The molecule has 1 N–H and O–H groups in total. The van der Waals surface area contributed by atoms with Gasteiger partial charge in [-0.2, -0.15) is 0 Å². The lowest BCUT2D eigenvalue weighted by Crippen LogP contribution is -2.14. The molecule has 1 amide bonds. The van der Waals surface area contributed by atoms with E-state index in [4.69, 9.17) is 9.26 Å². The van der Waals surface area contributed by atoms with Crippen LogP contribution in [-0.2, 0) is 16.6 Å². The Bertz CT molecular complexity index is 610. The van der Waals surface area contributed by atoms with E-state index in [1.807, 2.05) is 58.9 Å². The smallest absolute Gasteiger partial charge is 0.231 e. The van der Waals surface area contributed by atoms with Gasteiger partial charge in [0, 0.05) is 11.5 Å². The van der Waals surface area contributed by atoms with Crippen molar-refractivity contribution in [1.29, 1.82) is 0 Å². The largest absolute Gasteiger partial charge is 0.497 e. The Morgan fingerprint density at radius 3 is 2.30 bits per heavy atom. The SMILES string of the molecule is CC.COc1ccc(CC(=O)Nc2cc(C(C)(C)C)no2)cc1. The first-order valence-electron chi connectivity index (χ1n) is 7.78. The molecule has 1 aromatic heterocycles. The first-order valence-corrected chi connectivity index (χ1v) is 7.78. The number of anilines is 1. The Morgan fingerprint density at radius 2 is 1.83 bits per heavy atom. The molecule has 0 radical (unpaired) electrons. The van der Waals surface area contributed by atoms with Gasteiger partial charge in [0.1, 0.15) is 5.75 Å². The van der Waals surface area contributed by atoms with Gasteiger partial charge in [-0.05, 0) is 17.7 Å². The van der Waals surface area contributed by atoms with E-state index < -0.39 is 0 Å². The van der Waals surface area contributed by atoms with Crippen LogP contribution in [0.4, 0.5) is 5.88 Å². The van der Waals surface area contributed by atoms with Crippen molar-refractivity contribution in [2.24, 2.45) is 0 Å². The van der Waals surface area contributed by atoms with Crippen LogP contribution in [0, 0.1) is 0 Å². The van der Waals surface area contributed by atoms with Gasteiger partial charge in [-0.25, -0.2) is 0 Å². The number of aromatic nitrogens is 1. The Labute approximate surface area is 138 Å². The Kier molecular flexibility index (Phi) is 6.82. The summed E-state index contributed by atoms with van der Waals surface area (Å²) in [6, 6.07) is 9.13. The minimum Gasteiger partial charge on any atom is -0.497 e. The van der Waals surface area contributed by atoms with Gasteiger partial charge in [-0.3, -0.25) is 10.1 Å². The minimum atomic E-state index is -0.142. The number of nitrogens with zero attached hydrogens (tertiary/aromatic N) is 1. The van der Waals surface area contributed by atoms with Crippen molar-refractivity contribution in [2.75, 3.05) is 12.4 Å². The molecule has 5 heteroatoms. The highest BCUT2D eigenvalue weighted by molar-refractivity contribution is 5.91. The van der Waals surface area contributed by atoms with Crippen molar-refractivity contribution >= 4 is 11.8 Å². The number of hydrogen-bond donors (Lipinski definition) is 1. The Balaban J connectivity index is 0.00000127. The van der Waals surface area contributed by atoms with Gasteiger partial charge < -0.3 is 9.26 Å². The van der Waals surface area contributed by atoms with Crippen LogP contribution in [0.15, 0.2) is 34.9 Å². The van der Waals surface area contributed by atoms with E-state index in [1.165, 1.54) is 0 Å². The molecule has 0 aliphatic rings. The number of nitrogens with one attached hydrogen (secondary N) is 1. The summed E-state index contributed by atoms with van der Waals surface area (Å²) in [7, 11) is 1.61. The summed E-state index contributed by atoms with van der Waals surface area (Å²) < 4.78 is 10.2. The lowest BCUT2D eigenvalue weighted by molar-refractivity contribution is -0.115. The Morgan fingerprint density at radius 1 is 1.22 bits per heavy atom. The topological polar surface area (TPSA) is 64.4 Å². The maximum atomic E-state index is 12.0. The van der Waals surface area contributed by atoms with Gasteiger partial charge in [0.05, 0.1) is 19.2 Å². The molecule has 0 atom stereocenters. The molecule has 0 fully saturated rings. The highest BCUT2D eigenvalue weighted by Crippen LogP contribution is 2.23. The molecule has 23 heavy (non-hydrogen) atoms. The number of rotatable bonds is 4. The van der Waals surface area contributed by atoms with Gasteiger partial charge in [0.2, 0.25) is 11.8 Å². The number of benzene rings is 1. The Hall–Kier alpha value is -2.30. The predicted octanol–water partition coefficient (Wildman–Crippen LogP) is 4.19. The zero-order valence-corrected chi connectivity index (χ0v) is 14.8. The summed E-state index contributed by atoms with van der Waals surface area (Å²) >= 11 is 0. The summed E-state index contributed by atoms with van der Waals surface area (Å²) in [6.07, 6.45) is 0.273. The lowest BCUT2D eigenvalue weighted by Gasteiger charge is -2.12. The molecule has 0 saturated heterocycles. The molecule has 0 saturated carbocycles. The van der Waals surface area contributed by atoms with Crippen molar-refractivity contribution in [3.05, 3.63) is 41.6 Å².